The number of aryl methyl sites for hydroxylation is 2. The Bertz CT molecular complexity index is 3860. The second kappa shape index (κ2) is 26.3. The van der Waals surface area contributed by atoms with E-state index in [4.69, 9.17) is 32.7 Å². The van der Waals surface area contributed by atoms with Gasteiger partial charge in [-0.15, -0.1) is 15.3 Å². The number of anilines is 1. The van der Waals surface area contributed by atoms with Crippen LogP contribution >= 0.6 is 23.2 Å². The van der Waals surface area contributed by atoms with E-state index in [0.29, 0.717) is 81.6 Å². The molecule has 8 rings (SSSR count). The average molecular weight is 1240 g/mol. The van der Waals surface area contributed by atoms with E-state index in [1.54, 1.807) is 97.1 Å². The number of nitrogens with zero attached hydrogens (tertiary/aromatic N) is 5. The maximum Gasteiger partial charge on any atom is 2.00 e. The number of nitrogens with one attached hydrogen (secondary N) is 1. The van der Waals surface area contributed by atoms with Gasteiger partial charge in [-0.1, -0.05) is 103 Å². The number of ether oxygens (including phenoxy) is 2. The van der Waals surface area contributed by atoms with Gasteiger partial charge in [-0.05, 0) is 121 Å². The number of hydrogen-bond donors (Lipinski definition) is 4. The summed E-state index contributed by atoms with van der Waals surface area (Å²) in [6.45, 7) is 8.24. The van der Waals surface area contributed by atoms with Gasteiger partial charge in [-0.2, -0.15) is 21.9 Å². The molecular weight excluding hydrogens is 1200 g/mol. The van der Waals surface area contributed by atoms with Crippen molar-refractivity contribution in [2.45, 2.75) is 50.3 Å². The number of hydrogen-bond acceptors (Lipinski definition) is 15. The normalized spacial score (nSPS) is 11.9. The van der Waals surface area contributed by atoms with Crippen molar-refractivity contribution in [1.82, 2.24) is 0 Å². The molecule has 18 nitrogen and oxygen atoms in total. The Morgan fingerprint density at radius 3 is 1.61 bits per heavy atom. The zero-order valence-electron chi connectivity index (χ0n) is 41.6. The molecule has 0 spiro atoms. The van der Waals surface area contributed by atoms with E-state index in [9.17, 15) is 46.1 Å². The maximum atomic E-state index is 13.4. The third-order valence-electron chi connectivity index (χ3n) is 11.2. The molecular formula is C54H46BaCl2N6O12S2. The zero-order valence-corrected chi connectivity index (χ0v) is 49.1. The Kier molecular flexibility index (Phi) is 20.4. The Hall–Kier alpha value is -6.41. The Morgan fingerprint density at radius 2 is 1.09 bits per heavy atom. The number of benzene rings is 8. The van der Waals surface area contributed by atoms with Crippen molar-refractivity contribution in [3.63, 3.8) is 0 Å². The molecule has 0 aliphatic carbocycles. The van der Waals surface area contributed by atoms with Gasteiger partial charge < -0.3 is 30.1 Å². The molecule has 4 N–H and O–H groups in total. The Labute approximate surface area is 493 Å². The van der Waals surface area contributed by atoms with Crippen LogP contribution in [0.5, 0.6) is 23.0 Å². The van der Waals surface area contributed by atoms with Gasteiger partial charge in [-0.25, -0.2) is 0 Å². The molecule has 0 bridgehead atoms. The molecule has 0 radical (unpaired) electrons. The van der Waals surface area contributed by atoms with E-state index >= 15 is 0 Å². The van der Waals surface area contributed by atoms with Crippen LogP contribution in [0.15, 0.2) is 169 Å². The van der Waals surface area contributed by atoms with Gasteiger partial charge in [0.2, 0.25) is 0 Å². The molecule has 8 aromatic rings. The fourth-order valence-electron chi connectivity index (χ4n) is 7.72. The first kappa shape index (κ1) is 59.8. The number of amides is 1. The molecule has 0 saturated carbocycles. The minimum atomic E-state index is -4.75. The number of aromatic hydroxyl groups is 1. The first-order valence-electron chi connectivity index (χ1n) is 23.2. The van der Waals surface area contributed by atoms with Gasteiger partial charge in [0, 0.05) is 28.6 Å². The van der Waals surface area contributed by atoms with E-state index in [-0.39, 0.29) is 92.8 Å². The number of rotatable bonds is 16. The van der Waals surface area contributed by atoms with Gasteiger partial charge in [0.1, 0.15) is 38.4 Å². The topological polar surface area (TPSA) is 284 Å². The molecule has 392 valence electrons. The average Bonchev–Trinajstić information content (AvgIpc) is 3.37. The van der Waals surface area contributed by atoms with Crippen LogP contribution in [-0.2, 0) is 33.1 Å². The van der Waals surface area contributed by atoms with Gasteiger partial charge in [0.15, 0.2) is 5.75 Å². The molecule has 23 heteroatoms. The van der Waals surface area contributed by atoms with Gasteiger partial charge in [0.05, 0.1) is 40.2 Å². The zero-order chi connectivity index (χ0) is 54.9. The number of aliphatic imine (C=N–C) groups is 1. The van der Waals surface area contributed by atoms with Crippen LogP contribution in [0.3, 0.4) is 0 Å². The molecule has 0 fully saturated rings. The number of azo groups is 2. The van der Waals surface area contributed by atoms with Crippen molar-refractivity contribution < 1.29 is 55.5 Å². The first-order chi connectivity index (χ1) is 36.2. The number of phenols is 1. The summed E-state index contributed by atoms with van der Waals surface area (Å²) in [5.74, 6) is -1.50. The molecule has 0 unspecified atom stereocenters. The molecule has 0 aliphatic rings. The number of carbonyl (C=O) groups is 1. The van der Waals surface area contributed by atoms with Crippen LogP contribution in [0.25, 0.3) is 21.5 Å². The summed E-state index contributed by atoms with van der Waals surface area (Å²) in [5.41, 5.74) is 1.05. The summed E-state index contributed by atoms with van der Waals surface area (Å²) >= 11 is 12.2. The molecule has 0 saturated heterocycles. The summed E-state index contributed by atoms with van der Waals surface area (Å²) in [7, 11) is -9.49. The summed E-state index contributed by atoms with van der Waals surface area (Å²) in [6, 6.07) is 35.6. The van der Waals surface area contributed by atoms with E-state index in [0.717, 1.165) is 0 Å². The number of halogens is 2. The summed E-state index contributed by atoms with van der Waals surface area (Å²) in [4.78, 5) is 16.0. The van der Waals surface area contributed by atoms with Crippen LogP contribution in [-0.4, -0.2) is 105 Å². The molecule has 77 heavy (non-hydrogen) atoms. The molecule has 8 aromatic carbocycles. The van der Waals surface area contributed by atoms with Crippen LogP contribution in [0, 0.1) is 0 Å². The van der Waals surface area contributed by atoms with E-state index in [2.05, 4.69) is 30.8 Å². The fourth-order valence-corrected chi connectivity index (χ4v) is 10.1. The molecule has 0 aromatic heterocycles. The van der Waals surface area contributed by atoms with Crippen LogP contribution < -0.4 is 25.0 Å². The van der Waals surface area contributed by atoms with E-state index in [1.165, 1.54) is 36.4 Å². The molecule has 0 atom stereocenters. The SMILES string of the molecule is CCOc1cccc(N=C([O-])c2cc3ccccc3c(N=Nc3cc(CC)cc(Cl)c3S(=O)(=O)O)c2[O-])c1.CCOc1cccc(NC(=O)c2cc3ccccc3c(N=Nc3cc(CC)cc(Cl)c3S(=O)(=O)O)c2O)c1.[Ba+2]. The quantitative estimate of drug-likeness (QED) is 0.0231. The van der Waals surface area contributed by atoms with E-state index in [1.807, 2.05) is 27.7 Å². The fraction of sp³-hybridized carbons (Fsp3) is 0.148. The summed E-state index contributed by atoms with van der Waals surface area (Å²) in [6.07, 6.45) is 1.02. The number of phenolic OH excluding ortho intramolecular Hbond substituents is 1. The van der Waals surface area contributed by atoms with Gasteiger partial charge in [-0.3, -0.25) is 18.9 Å². The maximum absolute atomic E-state index is 13.4. The van der Waals surface area contributed by atoms with Crippen molar-refractivity contribution in [1.29, 1.82) is 0 Å². The van der Waals surface area contributed by atoms with Crippen LogP contribution in [0.4, 0.5) is 34.1 Å². The van der Waals surface area contributed by atoms with Crippen molar-refractivity contribution in [3.05, 3.63) is 166 Å². The largest absolute Gasteiger partial charge is 2.00 e. The van der Waals surface area contributed by atoms with E-state index < -0.39 is 53.3 Å². The molecule has 0 aliphatic heterocycles. The van der Waals surface area contributed by atoms with Crippen molar-refractivity contribution in [2.24, 2.45) is 25.4 Å². The summed E-state index contributed by atoms with van der Waals surface area (Å²) in [5, 5.41) is 58.1. The molecule has 1 amide bonds. The standard InChI is InChI=1S/2C27H24ClN3O6S.Ba/c2*1-3-16-12-22(28)26(38(34,35)36)23(13-16)30-31-24-20-11-6-5-8-17(20)14-21(25(24)32)27(33)29-18-9-7-10-19(15-18)37-4-2;/h2*5-15,32H,3-4H2,1-2H3,(H,29,33)(H,34,35,36);/q;;+2/p-2. The monoisotopic (exact) mass is 1240 g/mol. The van der Waals surface area contributed by atoms with Gasteiger partial charge in [0.25, 0.3) is 26.1 Å². The van der Waals surface area contributed by atoms with Crippen LogP contribution in [0.1, 0.15) is 54.7 Å². The number of carbonyl (C=O) groups excluding carboxylic acids is 1. The van der Waals surface area contributed by atoms with Crippen molar-refractivity contribution >= 4 is 160 Å². The molecule has 0 heterocycles. The minimum Gasteiger partial charge on any atom is -0.871 e. The predicted octanol–water partition coefficient (Wildman–Crippen LogP) is 12.3. The second-order valence-electron chi connectivity index (χ2n) is 16.3. The van der Waals surface area contributed by atoms with Crippen molar-refractivity contribution in [2.75, 3.05) is 18.5 Å². The Morgan fingerprint density at radius 1 is 0.610 bits per heavy atom. The van der Waals surface area contributed by atoms with Gasteiger partial charge >= 0.3 is 48.9 Å². The third-order valence-corrected chi connectivity index (χ3v) is 13.9. The summed E-state index contributed by atoms with van der Waals surface area (Å²) < 4.78 is 78.3. The minimum absolute atomic E-state index is 0. The van der Waals surface area contributed by atoms with Crippen molar-refractivity contribution in [3.8, 4) is 23.0 Å². The second-order valence-corrected chi connectivity index (χ2v) is 19.9. The predicted molar refractivity (Wildman–Crippen MR) is 294 cm³/mol. The van der Waals surface area contributed by atoms with Crippen LogP contribution in [0.2, 0.25) is 10.0 Å². The smallest absolute Gasteiger partial charge is 0.871 e. The first-order valence-corrected chi connectivity index (χ1v) is 26.8. The Balaban J connectivity index is 0.000000246. The number of fused-ring (bicyclic) bond motifs is 2. The third kappa shape index (κ3) is 14.6.